The van der Waals surface area contributed by atoms with E-state index in [2.05, 4.69) is 35.7 Å². The monoisotopic (exact) mass is 259 g/mol. The minimum absolute atomic E-state index is 0.671. The molecule has 0 aliphatic heterocycles. The number of rotatable bonds is 6. The van der Waals surface area contributed by atoms with Gasteiger partial charge in [0.1, 0.15) is 11.5 Å². The van der Waals surface area contributed by atoms with Crippen LogP contribution in [-0.2, 0) is 20.0 Å². The van der Waals surface area contributed by atoms with Crippen LogP contribution < -0.4 is 5.32 Å². The first-order chi connectivity index (χ1) is 9.22. The van der Waals surface area contributed by atoms with E-state index in [9.17, 15) is 0 Å². The highest BCUT2D eigenvalue weighted by molar-refractivity contribution is 5.17. The van der Waals surface area contributed by atoms with Gasteiger partial charge < -0.3 is 9.73 Å². The quantitative estimate of drug-likeness (QED) is 0.810. The normalized spacial score (nSPS) is 21.8. The number of aromatic nitrogens is 2. The molecule has 0 radical (unpaired) electrons. The second-order valence-corrected chi connectivity index (χ2v) is 5.57. The molecular formula is C15H21N3O. The number of hydrogen-bond donors (Lipinski definition) is 1. The highest BCUT2D eigenvalue weighted by Gasteiger charge is 2.36. The lowest BCUT2D eigenvalue weighted by Gasteiger charge is -2.01. The maximum Gasteiger partial charge on any atom is 0.117 e. The standard InChI is InChI=1S/C15H21N3O/c1-11-7-14(11)15-4-3-13(19-15)9-16-6-5-12-8-17-18(2)10-12/h3-4,8,10-11,14,16H,5-7,9H2,1-2H3. The smallest absolute Gasteiger partial charge is 0.117 e. The topological polar surface area (TPSA) is 43.0 Å². The van der Waals surface area contributed by atoms with Crippen LogP contribution in [0.3, 0.4) is 0 Å². The largest absolute Gasteiger partial charge is 0.464 e. The van der Waals surface area contributed by atoms with Crippen molar-refractivity contribution in [2.75, 3.05) is 6.54 Å². The molecule has 102 valence electrons. The molecule has 2 aromatic rings. The molecule has 2 atom stereocenters. The molecule has 2 unspecified atom stereocenters. The molecule has 1 saturated carbocycles. The van der Waals surface area contributed by atoms with E-state index in [0.717, 1.165) is 36.9 Å². The van der Waals surface area contributed by atoms with E-state index in [1.54, 1.807) is 0 Å². The summed E-state index contributed by atoms with van der Waals surface area (Å²) in [6, 6.07) is 4.23. The highest BCUT2D eigenvalue weighted by atomic mass is 16.3. The summed E-state index contributed by atoms with van der Waals surface area (Å²) >= 11 is 0. The molecule has 0 bridgehead atoms. The molecule has 4 heteroatoms. The first-order valence-corrected chi connectivity index (χ1v) is 6.99. The molecule has 4 nitrogen and oxygen atoms in total. The van der Waals surface area contributed by atoms with Crippen molar-refractivity contribution in [3.8, 4) is 0 Å². The average Bonchev–Trinajstić information content (AvgIpc) is 2.80. The first-order valence-electron chi connectivity index (χ1n) is 6.99. The number of nitrogens with one attached hydrogen (secondary N) is 1. The second kappa shape index (κ2) is 5.21. The Balaban J connectivity index is 1.41. The van der Waals surface area contributed by atoms with Crippen LogP contribution in [0.15, 0.2) is 28.9 Å². The van der Waals surface area contributed by atoms with Crippen molar-refractivity contribution >= 4 is 0 Å². The van der Waals surface area contributed by atoms with Crippen molar-refractivity contribution in [2.45, 2.75) is 32.2 Å². The van der Waals surface area contributed by atoms with Gasteiger partial charge in [0.25, 0.3) is 0 Å². The molecule has 0 aromatic carbocycles. The zero-order valence-electron chi connectivity index (χ0n) is 11.6. The van der Waals surface area contributed by atoms with Crippen molar-refractivity contribution < 1.29 is 4.42 Å². The molecule has 1 aliphatic carbocycles. The first kappa shape index (κ1) is 12.5. The van der Waals surface area contributed by atoms with E-state index in [4.69, 9.17) is 4.42 Å². The summed E-state index contributed by atoms with van der Waals surface area (Å²) < 4.78 is 7.69. The van der Waals surface area contributed by atoms with Crippen molar-refractivity contribution in [3.63, 3.8) is 0 Å². The molecular weight excluding hydrogens is 238 g/mol. The summed E-state index contributed by atoms with van der Waals surface area (Å²) in [4.78, 5) is 0. The van der Waals surface area contributed by atoms with Crippen molar-refractivity contribution in [1.29, 1.82) is 0 Å². The lowest BCUT2D eigenvalue weighted by Crippen LogP contribution is -2.16. The number of aryl methyl sites for hydroxylation is 1. The predicted octanol–water partition coefficient (Wildman–Crippen LogP) is 2.47. The Bertz CT molecular complexity index is 543. The van der Waals surface area contributed by atoms with Gasteiger partial charge >= 0.3 is 0 Å². The molecule has 19 heavy (non-hydrogen) atoms. The van der Waals surface area contributed by atoms with Crippen LogP contribution >= 0.6 is 0 Å². The van der Waals surface area contributed by atoms with Crippen LogP contribution in [0.2, 0.25) is 0 Å². The molecule has 1 N–H and O–H groups in total. The van der Waals surface area contributed by atoms with Gasteiger partial charge in [-0.15, -0.1) is 0 Å². The molecule has 0 spiro atoms. The molecule has 3 rings (SSSR count). The van der Waals surface area contributed by atoms with Crippen LogP contribution in [0.4, 0.5) is 0 Å². The van der Waals surface area contributed by atoms with Crippen LogP contribution in [0.5, 0.6) is 0 Å². The maximum absolute atomic E-state index is 5.86. The summed E-state index contributed by atoms with van der Waals surface area (Å²) in [6.07, 6.45) is 6.25. The predicted molar refractivity (Wildman–Crippen MR) is 73.8 cm³/mol. The van der Waals surface area contributed by atoms with Gasteiger partial charge in [-0.1, -0.05) is 6.92 Å². The number of nitrogens with zero attached hydrogens (tertiary/aromatic N) is 2. The van der Waals surface area contributed by atoms with Gasteiger partial charge in [-0.25, -0.2) is 0 Å². The summed E-state index contributed by atoms with van der Waals surface area (Å²) in [7, 11) is 1.94. The highest BCUT2D eigenvalue weighted by Crippen LogP contribution is 2.47. The van der Waals surface area contributed by atoms with Crippen LogP contribution in [0.25, 0.3) is 0 Å². The van der Waals surface area contributed by atoms with Crippen molar-refractivity contribution in [3.05, 3.63) is 41.6 Å². The number of hydrogen-bond acceptors (Lipinski definition) is 3. The summed E-state index contributed by atoms with van der Waals surface area (Å²) in [5.74, 6) is 3.68. The second-order valence-electron chi connectivity index (χ2n) is 5.57. The van der Waals surface area contributed by atoms with E-state index < -0.39 is 0 Å². The van der Waals surface area contributed by atoms with Gasteiger partial charge in [0.15, 0.2) is 0 Å². The van der Waals surface area contributed by atoms with Crippen molar-refractivity contribution in [2.24, 2.45) is 13.0 Å². The Kier molecular flexibility index (Phi) is 3.42. The zero-order valence-corrected chi connectivity index (χ0v) is 11.6. The van der Waals surface area contributed by atoms with E-state index in [0.29, 0.717) is 5.92 Å². The van der Waals surface area contributed by atoms with Gasteiger partial charge in [0.05, 0.1) is 12.7 Å². The molecule has 0 saturated heterocycles. The van der Waals surface area contributed by atoms with Gasteiger partial charge in [-0.3, -0.25) is 4.68 Å². The molecule has 1 aliphatic rings. The van der Waals surface area contributed by atoms with Crippen LogP contribution in [0.1, 0.15) is 36.3 Å². The van der Waals surface area contributed by atoms with Gasteiger partial charge in [0.2, 0.25) is 0 Å². The van der Waals surface area contributed by atoms with Crippen LogP contribution in [0, 0.1) is 5.92 Å². The fourth-order valence-electron chi connectivity index (χ4n) is 2.45. The van der Waals surface area contributed by atoms with Crippen molar-refractivity contribution in [1.82, 2.24) is 15.1 Å². The summed E-state index contributed by atoms with van der Waals surface area (Å²) in [5.41, 5.74) is 1.27. The van der Waals surface area contributed by atoms with Gasteiger partial charge in [-0.2, -0.15) is 5.10 Å². The Morgan fingerprint density at radius 2 is 2.32 bits per heavy atom. The minimum Gasteiger partial charge on any atom is -0.464 e. The maximum atomic E-state index is 5.86. The Morgan fingerprint density at radius 3 is 3.00 bits per heavy atom. The third-order valence-corrected chi connectivity index (χ3v) is 3.81. The molecule has 2 aromatic heterocycles. The molecule has 0 amide bonds. The minimum atomic E-state index is 0.671. The van der Waals surface area contributed by atoms with Gasteiger partial charge in [-0.05, 0) is 43.0 Å². The Hall–Kier alpha value is -1.55. The molecule has 1 fully saturated rings. The van der Waals surface area contributed by atoms with E-state index in [-0.39, 0.29) is 0 Å². The summed E-state index contributed by atoms with van der Waals surface area (Å²) in [5, 5.41) is 7.57. The lowest BCUT2D eigenvalue weighted by molar-refractivity contribution is 0.445. The van der Waals surface area contributed by atoms with Crippen LogP contribution in [-0.4, -0.2) is 16.3 Å². The number of furan rings is 1. The zero-order chi connectivity index (χ0) is 13.2. The lowest BCUT2D eigenvalue weighted by atomic mass is 10.2. The van der Waals surface area contributed by atoms with E-state index >= 15 is 0 Å². The SMILES string of the molecule is CC1CC1c1ccc(CNCCc2cnn(C)c2)o1. The van der Waals surface area contributed by atoms with Gasteiger partial charge in [0, 0.05) is 19.2 Å². The van der Waals surface area contributed by atoms with E-state index in [1.165, 1.54) is 12.0 Å². The van der Waals surface area contributed by atoms with E-state index in [1.807, 2.05) is 17.9 Å². The third-order valence-electron chi connectivity index (χ3n) is 3.81. The molecule has 2 heterocycles. The fourth-order valence-corrected chi connectivity index (χ4v) is 2.45. The Morgan fingerprint density at radius 1 is 1.47 bits per heavy atom. The Labute approximate surface area is 113 Å². The summed E-state index contributed by atoms with van der Waals surface area (Å²) in [6.45, 7) is 4.03. The third kappa shape index (κ3) is 3.07. The fraction of sp³-hybridized carbons (Fsp3) is 0.533. The average molecular weight is 259 g/mol.